The van der Waals surface area contributed by atoms with Gasteiger partial charge in [0, 0.05) is 4.90 Å². The summed E-state index contributed by atoms with van der Waals surface area (Å²) in [6.07, 6.45) is 0. The van der Waals surface area contributed by atoms with Crippen LogP contribution in [0.2, 0.25) is 0 Å². The number of anilines is 1. The maximum atomic E-state index is 12.9. The van der Waals surface area contributed by atoms with Crippen LogP contribution >= 0.6 is 23.1 Å². The molecule has 0 atom stereocenters. The number of carbonyl (C=O) groups excluding carboxylic acids is 2. The second-order valence-corrected chi connectivity index (χ2v) is 7.06. The summed E-state index contributed by atoms with van der Waals surface area (Å²) in [5.41, 5.74) is 1.13. The van der Waals surface area contributed by atoms with E-state index in [2.05, 4.69) is 15.0 Å². The lowest BCUT2D eigenvalue weighted by Crippen LogP contribution is -2.13. The molecule has 0 unspecified atom stereocenters. The molecule has 3 rings (SSSR count). The fourth-order valence-corrected chi connectivity index (χ4v) is 3.68. The van der Waals surface area contributed by atoms with E-state index in [-0.39, 0.29) is 17.5 Å². The standard InChI is InChI=1S/C17H13FN2O3S2/c1-23-16(22)10-2-7-13-14(8-10)25-17(19-13)20-15(21)9-24-12-5-3-11(18)4-6-12/h2-8H,9H2,1H3,(H,19,20,21). The minimum absolute atomic E-state index is 0.189. The van der Waals surface area contributed by atoms with E-state index in [0.29, 0.717) is 16.2 Å². The number of amides is 1. The number of methoxy groups -OCH3 is 1. The molecule has 0 fully saturated rings. The van der Waals surface area contributed by atoms with Gasteiger partial charge in [0.15, 0.2) is 5.13 Å². The first-order valence-electron chi connectivity index (χ1n) is 7.22. The highest BCUT2D eigenvalue weighted by Gasteiger charge is 2.11. The summed E-state index contributed by atoms with van der Waals surface area (Å²) in [6, 6.07) is 11.0. The third-order valence-corrected chi connectivity index (χ3v) is 5.19. The Hall–Kier alpha value is -2.45. The van der Waals surface area contributed by atoms with Crippen LogP contribution in [0.5, 0.6) is 0 Å². The van der Waals surface area contributed by atoms with Crippen molar-refractivity contribution in [2.24, 2.45) is 0 Å². The van der Waals surface area contributed by atoms with Gasteiger partial charge in [-0.2, -0.15) is 0 Å². The van der Waals surface area contributed by atoms with E-state index in [1.807, 2.05) is 0 Å². The molecule has 128 valence electrons. The molecule has 1 heterocycles. The van der Waals surface area contributed by atoms with Crippen LogP contribution in [0.25, 0.3) is 10.2 Å². The number of thioether (sulfide) groups is 1. The Morgan fingerprint density at radius 2 is 2.00 bits per heavy atom. The van der Waals surface area contributed by atoms with Crippen LogP contribution in [-0.2, 0) is 9.53 Å². The van der Waals surface area contributed by atoms with Crippen LogP contribution in [0.15, 0.2) is 47.4 Å². The second-order valence-electron chi connectivity index (χ2n) is 4.98. The Balaban J connectivity index is 1.64. The molecular formula is C17H13FN2O3S2. The quantitative estimate of drug-likeness (QED) is 0.539. The lowest BCUT2D eigenvalue weighted by molar-refractivity contribution is -0.113. The van der Waals surface area contributed by atoms with Gasteiger partial charge < -0.3 is 10.1 Å². The molecule has 25 heavy (non-hydrogen) atoms. The van der Waals surface area contributed by atoms with Gasteiger partial charge in [0.2, 0.25) is 5.91 Å². The molecule has 3 aromatic rings. The van der Waals surface area contributed by atoms with Gasteiger partial charge in [-0.25, -0.2) is 14.2 Å². The first kappa shape index (κ1) is 17.4. The molecule has 1 amide bonds. The Morgan fingerprint density at radius 1 is 1.24 bits per heavy atom. The van der Waals surface area contributed by atoms with Crippen molar-refractivity contribution in [3.8, 4) is 0 Å². The van der Waals surface area contributed by atoms with Crippen molar-refractivity contribution in [3.05, 3.63) is 53.8 Å². The summed E-state index contributed by atoms with van der Waals surface area (Å²) in [4.78, 5) is 28.7. The number of rotatable bonds is 5. The third kappa shape index (κ3) is 4.34. The molecule has 0 aliphatic heterocycles. The number of aromatic nitrogens is 1. The largest absolute Gasteiger partial charge is 0.465 e. The van der Waals surface area contributed by atoms with Crippen molar-refractivity contribution < 1.29 is 18.7 Å². The molecule has 0 saturated carbocycles. The molecule has 0 bridgehead atoms. The highest BCUT2D eigenvalue weighted by molar-refractivity contribution is 8.00. The molecule has 0 radical (unpaired) electrons. The van der Waals surface area contributed by atoms with E-state index in [1.165, 1.54) is 42.3 Å². The molecule has 0 saturated heterocycles. The predicted molar refractivity (Wildman–Crippen MR) is 96.7 cm³/mol. The number of thiazole rings is 1. The number of benzene rings is 2. The Kier molecular flexibility index (Phi) is 5.30. The molecule has 1 N–H and O–H groups in total. The second kappa shape index (κ2) is 7.62. The van der Waals surface area contributed by atoms with Crippen LogP contribution in [0.3, 0.4) is 0 Å². The average Bonchev–Trinajstić information content (AvgIpc) is 3.01. The number of nitrogens with zero attached hydrogens (tertiary/aromatic N) is 1. The Labute approximate surface area is 151 Å². The van der Waals surface area contributed by atoms with Gasteiger partial charge in [0.25, 0.3) is 0 Å². The number of hydrogen-bond acceptors (Lipinski definition) is 6. The number of carbonyl (C=O) groups is 2. The van der Waals surface area contributed by atoms with E-state index >= 15 is 0 Å². The highest BCUT2D eigenvalue weighted by atomic mass is 32.2. The van der Waals surface area contributed by atoms with Crippen molar-refractivity contribution in [1.29, 1.82) is 0 Å². The van der Waals surface area contributed by atoms with E-state index < -0.39 is 5.97 Å². The van der Waals surface area contributed by atoms with Gasteiger partial charge in [-0.1, -0.05) is 11.3 Å². The van der Waals surface area contributed by atoms with Crippen molar-refractivity contribution in [2.75, 3.05) is 18.2 Å². The van der Waals surface area contributed by atoms with Crippen molar-refractivity contribution in [2.45, 2.75) is 4.90 Å². The fraction of sp³-hybridized carbons (Fsp3) is 0.118. The number of ether oxygens (including phenoxy) is 1. The van der Waals surface area contributed by atoms with E-state index in [9.17, 15) is 14.0 Å². The Morgan fingerprint density at radius 3 is 2.72 bits per heavy atom. The summed E-state index contributed by atoms with van der Waals surface area (Å²) in [7, 11) is 1.32. The monoisotopic (exact) mass is 376 g/mol. The van der Waals surface area contributed by atoms with E-state index in [0.717, 1.165) is 9.60 Å². The van der Waals surface area contributed by atoms with Crippen molar-refractivity contribution in [3.63, 3.8) is 0 Å². The minimum atomic E-state index is -0.420. The van der Waals surface area contributed by atoms with Crippen LogP contribution in [0.4, 0.5) is 9.52 Å². The molecule has 1 aromatic heterocycles. The third-order valence-electron chi connectivity index (χ3n) is 3.24. The zero-order valence-corrected chi connectivity index (χ0v) is 14.7. The number of halogens is 1. The molecule has 8 heteroatoms. The van der Waals surface area contributed by atoms with Crippen LogP contribution < -0.4 is 5.32 Å². The SMILES string of the molecule is COC(=O)c1ccc2nc(NC(=O)CSc3ccc(F)cc3)sc2c1. The molecular weight excluding hydrogens is 363 g/mol. The number of hydrogen-bond donors (Lipinski definition) is 1. The average molecular weight is 376 g/mol. The molecule has 5 nitrogen and oxygen atoms in total. The molecule has 0 aliphatic rings. The zero-order chi connectivity index (χ0) is 17.8. The summed E-state index contributed by atoms with van der Waals surface area (Å²) in [6.45, 7) is 0. The van der Waals surface area contributed by atoms with Crippen LogP contribution in [0, 0.1) is 5.82 Å². The first-order valence-corrected chi connectivity index (χ1v) is 9.02. The van der Waals surface area contributed by atoms with Crippen molar-refractivity contribution >= 4 is 50.3 Å². The van der Waals surface area contributed by atoms with Gasteiger partial charge in [-0.15, -0.1) is 11.8 Å². The van der Waals surface area contributed by atoms with Gasteiger partial charge in [-0.05, 0) is 42.5 Å². The number of esters is 1. The van der Waals surface area contributed by atoms with E-state index in [4.69, 9.17) is 0 Å². The smallest absolute Gasteiger partial charge is 0.337 e. The maximum Gasteiger partial charge on any atom is 0.337 e. The topological polar surface area (TPSA) is 68.3 Å². The van der Waals surface area contributed by atoms with Crippen molar-refractivity contribution in [1.82, 2.24) is 4.98 Å². The normalized spacial score (nSPS) is 10.6. The number of nitrogens with one attached hydrogen (secondary N) is 1. The summed E-state index contributed by atoms with van der Waals surface area (Å²) in [5, 5.41) is 3.19. The molecule has 0 aliphatic carbocycles. The minimum Gasteiger partial charge on any atom is -0.465 e. The zero-order valence-electron chi connectivity index (χ0n) is 13.1. The van der Waals surface area contributed by atoms with E-state index in [1.54, 1.807) is 30.3 Å². The highest BCUT2D eigenvalue weighted by Crippen LogP contribution is 2.27. The first-order chi connectivity index (χ1) is 12.0. The fourth-order valence-electron chi connectivity index (χ4n) is 2.06. The van der Waals surface area contributed by atoms with Gasteiger partial charge in [-0.3, -0.25) is 4.79 Å². The van der Waals surface area contributed by atoms with Crippen LogP contribution in [0.1, 0.15) is 10.4 Å². The summed E-state index contributed by atoms with van der Waals surface area (Å²) >= 11 is 2.59. The molecule has 0 spiro atoms. The molecule has 2 aromatic carbocycles. The maximum absolute atomic E-state index is 12.9. The Bertz CT molecular complexity index is 925. The van der Waals surface area contributed by atoms with Gasteiger partial charge in [0.05, 0.1) is 28.6 Å². The lowest BCUT2D eigenvalue weighted by Gasteiger charge is -2.02. The van der Waals surface area contributed by atoms with Crippen LogP contribution in [-0.4, -0.2) is 29.7 Å². The lowest BCUT2D eigenvalue weighted by atomic mass is 10.2. The van der Waals surface area contributed by atoms with Gasteiger partial charge >= 0.3 is 5.97 Å². The summed E-state index contributed by atoms with van der Waals surface area (Å²) in [5.74, 6) is -0.748. The van der Waals surface area contributed by atoms with Gasteiger partial charge in [0.1, 0.15) is 5.82 Å². The predicted octanol–water partition coefficient (Wildman–Crippen LogP) is 3.95. The summed E-state index contributed by atoms with van der Waals surface area (Å²) < 4.78 is 18.3. The number of fused-ring (bicyclic) bond motifs is 1.